The van der Waals surface area contributed by atoms with Gasteiger partial charge in [0.25, 0.3) is 5.91 Å². The summed E-state index contributed by atoms with van der Waals surface area (Å²) in [6, 6.07) is 0.0854. The van der Waals surface area contributed by atoms with Crippen LogP contribution in [0.15, 0.2) is 36.5 Å². The third-order valence-electron chi connectivity index (χ3n) is 4.48. The lowest BCUT2D eigenvalue weighted by Crippen LogP contribution is -2.52. The van der Waals surface area contributed by atoms with Gasteiger partial charge in [-0.15, -0.1) is 0 Å². The van der Waals surface area contributed by atoms with Crippen molar-refractivity contribution in [2.45, 2.75) is 51.7 Å². The first-order valence-corrected chi connectivity index (χ1v) is 8.00. The molecule has 1 amide bonds. The highest BCUT2D eigenvalue weighted by Crippen LogP contribution is 2.31. The van der Waals surface area contributed by atoms with Crippen LogP contribution in [0.2, 0.25) is 0 Å². The van der Waals surface area contributed by atoms with Gasteiger partial charge in [0.05, 0.1) is 6.04 Å². The minimum absolute atomic E-state index is 0.0854. The van der Waals surface area contributed by atoms with Crippen molar-refractivity contribution in [3.63, 3.8) is 0 Å². The fourth-order valence-corrected chi connectivity index (χ4v) is 3.44. The van der Waals surface area contributed by atoms with Crippen molar-refractivity contribution >= 4 is 5.91 Å². The molecule has 0 aromatic heterocycles. The molecule has 21 heavy (non-hydrogen) atoms. The zero-order chi connectivity index (χ0) is 15.4. The van der Waals surface area contributed by atoms with E-state index in [0.29, 0.717) is 12.5 Å². The monoisotopic (exact) mass is 289 g/mol. The summed E-state index contributed by atoms with van der Waals surface area (Å²) in [4.78, 5) is 14.8. The summed E-state index contributed by atoms with van der Waals surface area (Å²) in [5.74, 6) is 0.497. The van der Waals surface area contributed by atoms with E-state index in [4.69, 9.17) is 4.74 Å². The molecule has 0 aromatic rings. The smallest absolute Gasteiger partial charge is 0.252 e. The molecule has 0 N–H and O–H groups in total. The van der Waals surface area contributed by atoms with E-state index in [1.54, 1.807) is 0 Å². The average molecular weight is 289 g/mol. The summed E-state index contributed by atoms with van der Waals surface area (Å²) in [7, 11) is 0. The molecule has 3 nitrogen and oxygen atoms in total. The van der Waals surface area contributed by atoms with E-state index in [0.717, 1.165) is 37.8 Å². The Kier molecular flexibility index (Phi) is 5.40. The predicted octanol–water partition coefficient (Wildman–Crippen LogP) is 3.48. The average Bonchev–Trinajstić information content (AvgIpc) is 2.53. The third-order valence-corrected chi connectivity index (χ3v) is 4.48. The molecule has 1 saturated heterocycles. The normalized spacial score (nSPS) is 26.9. The van der Waals surface area contributed by atoms with E-state index in [1.165, 1.54) is 5.57 Å². The summed E-state index contributed by atoms with van der Waals surface area (Å²) in [5.41, 5.74) is 2.37. The van der Waals surface area contributed by atoms with Gasteiger partial charge in [0.2, 0.25) is 0 Å². The minimum atomic E-state index is -0.253. The Balaban J connectivity index is 2.26. The molecule has 1 fully saturated rings. The number of rotatable bonds is 4. The van der Waals surface area contributed by atoms with Crippen molar-refractivity contribution in [1.29, 1.82) is 0 Å². The van der Waals surface area contributed by atoms with Crippen molar-refractivity contribution in [3.05, 3.63) is 36.5 Å². The highest BCUT2D eigenvalue weighted by Gasteiger charge is 2.36. The highest BCUT2D eigenvalue weighted by molar-refractivity contribution is 5.82. The molecule has 116 valence electrons. The lowest BCUT2D eigenvalue weighted by Gasteiger charge is -2.42. The standard InChI is InChI=1S/C18H27NO2/c1-5-14-10-11-19(17(13(3)4)15(14)6-2)18(20)16-9-7-8-12-21-16/h5-6,13,16-17H,1-2,7-12H2,3-4H3/t16-,17+/m1/s1. The molecule has 0 spiro atoms. The Morgan fingerprint density at radius 2 is 2.10 bits per heavy atom. The Labute approximate surface area is 128 Å². The molecule has 0 unspecified atom stereocenters. The largest absolute Gasteiger partial charge is 0.368 e. The van der Waals surface area contributed by atoms with Crippen LogP contribution in [-0.4, -0.2) is 36.1 Å². The molecule has 2 heterocycles. The van der Waals surface area contributed by atoms with Crippen molar-refractivity contribution in [2.75, 3.05) is 13.2 Å². The van der Waals surface area contributed by atoms with Crippen LogP contribution in [0, 0.1) is 5.92 Å². The second-order valence-electron chi connectivity index (χ2n) is 6.21. The van der Waals surface area contributed by atoms with Crippen molar-refractivity contribution < 1.29 is 9.53 Å². The number of ether oxygens (including phenoxy) is 1. The molecule has 0 bridgehead atoms. The molecule has 0 radical (unpaired) electrons. The Bertz CT molecular complexity index is 444. The van der Waals surface area contributed by atoms with Crippen LogP contribution in [0.25, 0.3) is 0 Å². The third kappa shape index (κ3) is 3.29. The van der Waals surface area contributed by atoms with Gasteiger partial charge in [0.15, 0.2) is 0 Å². The minimum Gasteiger partial charge on any atom is -0.368 e. The molecular formula is C18H27NO2. The molecule has 0 aromatic carbocycles. The zero-order valence-electron chi connectivity index (χ0n) is 13.3. The summed E-state index contributed by atoms with van der Waals surface area (Å²) in [5, 5.41) is 0. The second kappa shape index (κ2) is 7.08. The van der Waals surface area contributed by atoms with Gasteiger partial charge in [0.1, 0.15) is 6.10 Å². The van der Waals surface area contributed by atoms with Crippen LogP contribution in [-0.2, 0) is 9.53 Å². The number of nitrogens with zero attached hydrogens (tertiary/aromatic N) is 1. The van der Waals surface area contributed by atoms with Crippen molar-refractivity contribution in [3.8, 4) is 0 Å². The van der Waals surface area contributed by atoms with Gasteiger partial charge < -0.3 is 9.64 Å². The Morgan fingerprint density at radius 1 is 1.33 bits per heavy atom. The quantitative estimate of drug-likeness (QED) is 0.793. The maximum absolute atomic E-state index is 12.8. The van der Waals surface area contributed by atoms with Crippen LogP contribution in [0.4, 0.5) is 0 Å². The summed E-state index contributed by atoms with van der Waals surface area (Å²) in [6.45, 7) is 13.6. The first-order chi connectivity index (χ1) is 10.1. The van der Waals surface area contributed by atoms with Gasteiger partial charge in [-0.25, -0.2) is 0 Å². The lowest BCUT2D eigenvalue weighted by molar-refractivity contribution is -0.149. The number of allylic oxidation sites excluding steroid dienone is 1. The molecule has 2 atom stereocenters. The van der Waals surface area contributed by atoms with Gasteiger partial charge in [-0.05, 0) is 42.7 Å². The zero-order valence-corrected chi connectivity index (χ0v) is 13.3. The van der Waals surface area contributed by atoms with E-state index in [1.807, 2.05) is 17.1 Å². The fraction of sp³-hybridized carbons (Fsp3) is 0.611. The van der Waals surface area contributed by atoms with Crippen molar-refractivity contribution in [1.82, 2.24) is 4.90 Å². The number of amides is 1. The number of carbonyl (C=O) groups excluding carboxylic acids is 1. The highest BCUT2D eigenvalue weighted by atomic mass is 16.5. The maximum Gasteiger partial charge on any atom is 0.252 e. The summed E-state index contributed by atoms with van der Waals surface area (Å²) in [6.07, 6.45) is 7.40. The molecule has 2 rings (SSSR count). The maximum atomic E-state index is 12.8. The van der Waals surface area contributed by atoms with E-state index in [2.05, 4.69) is 27.0 Å². The van der Waals surface area contributed by atoms with Gasteiger partial charge >= 0.3 is 0 Å². The Hall–Kier alpha value is -1.35. The van der Waals surface area contributed by atoms with Crippen LogP contribution in [0.1, 0.15) is 39.5 Å². The lowest BCUT2D eigenvalue weighted by atomic mass is 9.85. The first-order valence-electron chi connectivity index (χ1n) is 8.00. The molecule has 2 aliphatic heterocycles. The Morgan fingerprint density at radius 3 is 2.62 bits per heavy atom. The molecule has 0 saturated carbocycles. The molecule has 3 heteroatoms. The molecule has 0 aliphatic carbocycles. The van der Waals surface area contributed by atoms with Crippen LogP contribution in [0.3, 0.4) is 0 Å². The van der Waals surface area contributed by atoms with E-state index >= 15 is 0 Å². The number of hydrogen-bond donors (Lipinski definition) is 0. The van der Waals surface area contributed by atoms with E-state index in [-0.39, 0.29) is 18.1 Å². The topological polar surface area (TPSA) is 29.5 Å². The molecular weight excluding hydrogens is 262 g/mol. The first kappa shape index (κ1) is 16.0. The van der Waals surface area contributed by atoms with Gasteiger partial charge in [0, 0.05) is 13.2 Å². The SMILES string of the molecule is C=CC1=C(C=C)[C@H](C(C)C)N(C(=O)[C@H]2CCCCO2)CC1. The number of carbonyl (C=O) groups is 1. The van der Waals surface area contributed by atoms with Crippen LogP contribution < -0.4 is 0 Å². The van der Waals surface area contributed by atoms with Gasteiger partial charge in [-0.3, -0.25) is 4.79 Å². The number of hydrogen-bond acceptors (Lipinski definition) is 2. The summed E-state index contributed by atoms with van der Waals surface area (Å²) >= 11 is 0. The fourth-order valence-electron chi connectivity index (χ4n) is 3.44. The van der Waals surface area contributed by atoms with E-state index < -0.39 is 0 Å². The predicted molar refractivity (Wildman–Crippen MR) is 86.0 cm³/mol. The van der Waals surface area contributed by atoms with Gasteiger partial charge in [-0.1, -0.05) is 39.2 Å². The van der Waals surface area contributed by atoms with Gasteiger partial charge in [-0.2, -0.15) is 0 Å². The summed E-state index contributed by atoms with van der Waals surface area (Å²) < 4.78 is 5.69. The second-order valence-corrected chi connectivity index (χ2v) is 6.21. The molecule has 2 aliphatic rings. The van der Waals surface area contributed by atoms with E-state index in [9.17, 15) is 4.79 Å². The van der Waals surface area contributed by atoms with Crippen LogP contribution in [0.5, 0.6) is 0 Å². The van der Waals surface area contributed by atoms with Crippen molar-refractivity contribution in [2.24, 2.45) is 5.92 Å². The van der Waals surface area contributed by atoms with Crippen LogP contribution >= 0.6 is 0 Å².